The van der Waals surface area contributed by atoms with Crippen molar-refractivity contribution in [1.82, 2.24) is 45.2 Å². The van der Waals surface area contributed by atoms with Crippen LogP contribution in [0.25, 0.3) is 0 Å². The van der Waals surface area contributed by atoms with Crippen molar-refractivity contribution in [2.24, 2.45) is 23.7 Å². The van der Waals surface area contributed by atoms with Crippen LogP contribution in [-0.4, -0.2) is 163 Å². The number of methoxy groups -OCH3 is 2. The summed E-state index contributed by atoms with van der Waals surface area (Å²) in [4.78, 5) is 113. The molecular formula is C51H73N9O11. The molecule has 71 heavy (non-hydrogen) atoms. The molecule has 4 aliphatic rings. The number of hydrogen-bond donors (Lipinski definition) is 3. The molecule has 2 aromatic rings. The van der Waals surface area contributed by atoms with Crippen molar-refractivity contribution in [2.75, 3.05) is 27.8 Å². The molecule has 388 valence electrons. The second-order valence-corrected chi connectivity index (χ2v) is 20.1. The van der Waals surface area contributed by atoms with Gasteiger partial charge in [0.1, 0.15) is 23.8 Å². The maximum Gasteiger partial charge on any atom is 0.326 e. The van der Waals surface area contributed by atoms with E-state index in [2.05, 4.69) is 20.9 Å². The highest BCUT2D eigenvalue weighted by Gasteiger charge is 2.52. The first-order valence-electron chi connectivity index (χ1n) is 25.1. The molecule has 1 aromatic heterocycles. The lowest BCUT2D eigenvalue weighted by molar-refractivity contribution is -0.149. The van der Waals surface area contributed by atoms with Gasteiger partial charge in [0, 0.05) is 65.4 Å². The molecule has 7 amide bonds. The van der Waals surface area contributed by atoms with E-state index in [1.165, 1.54) is 26.4 Å². The number of nitrogens with one attached hydrogen (secondary N) is 2. The highest BCUT2D eigenvalue weighted by atomic mass is 16.5. The Morgan fingerprint density at radius 1 is 0.930 bits per heavy atom. The Bertz CT molecular complexity index is 2250. The van der Waals surface area contributed by atoms with Crippen molar-refractivity contribution in [3.8, 4) is 0 Å². The van der Waals surface area contributed by atoms with Gasteiger partial charge in [0.2, 0.25) is 29.5 Å². The van der Waals surface area contributed by atoms with Crippen LogP contribution in [0.15, 0.2) is 48.7 Å². The normalized spacial score (nSPS) is 22.6. The Labute approximate surface area is 416 Å². The largest absolute Gasteiger partial charge is 0.480 e. The van der Waals surface area contributed by atoms with Crippen LogP contribution in [0.2, 0.25) is 0 Å². The predicted octanol–water partition coefficient (Wildman–Crippen LogP) is 2.74. The Balaban J connectivity index is 1.08. The van der Waals surface area contributed by atoms with Gasteiger partial charge in [-0.3, -0.25) is 43.1 Å². The first-order chi connectivity index (χ1) is 33.9. The Morgan fingerprint density at radius 3 is 2.27 bits per heavy atom. The first kappa shape index (κ1) is 54.3. The van der Waals surface area contributed by atoms with Crippen molar-refractivity contribution >= 4 is 47.3 Å². The maximum absolute atomic E-state index is 14.7. The number of carboxylic acid groups (broad SMARTS) is 1. The number of hydrogen-bond acceptors (Lipinski definition) is 12. The van der Waals surface area contributed by atoms with Gasteiger partial charge >= 0.3 is 5.97 Å². The van der Waals surface area contributed by atoms with Crippen molar-refractivity contribution < 1.29 is 52.9 Å². The SMILES string of the molecule is CC[C@H](C)[C@@H]([C@@H](CC(=O)N1CCC[C@H]1[C@H](OC)[C@@H](C)C(=O)N[C@@H](Cc1ccccc1)C(=O)O)OC)N(C)C(=O)[C@@H](NC(=O)[C@@H]1[C@H]2CC[C@H](C2)N1C(=O)CCCn1cc(CN2C(=O)C=CC2=O)nn1)C(C)C. The fourth-order valence-electron chi connectivity index (χ4n) is 11.1. The van der Waals surface area contributed by atoms with Crippen LogP contribution in [0.1, 0.15) is 104 Å². The number of aromatic nitrogens is 3. The number of carbonyl (C=O) groups excluding carboxylic acids is 7. The number of likely N-dealkylation sites (tertiary alicyclic amines) is 2. The van der Waals surface area contributed by atoms with Crippen LogP contribution in [0.4, 0.5) is 0 Å². The molecule has 0 spiro atoms. The highest BCUT2D eigenvalue weighted by Crippen LogP contribution is 2.43. The first-order valence-corrected chi connectivity index (χ1v) is 25.1. The molecule has 3 fully saturated rings. The fourth-order valence-corrected chi connectivity index (χ4v) is 11.1. The molecule has 3 N–H and O–H groups in total. The van der Waals surface area contributed by atoms with E-state index in [-0.39, 0.29) is 73.2 Å². The monoisotopic (exact) mass is 988 g/mol. The zero-order valence-electron chi connectivity index (χ0n) is 42.4. The van der Waals surface area contributed by atoms with Crippen LogP contribution in [0.5, 0.6) is 0 Å². The zero-order valence-corrected chi connectivity index (χ0v) is 42.4. The summed E-state index contributed by atoms with van der Waals surface area (Å²) in [7, 11) is 4.66. The van der Waals surface area contributed by atoms with Crippen LogP contribution in [0.3, 0.4) is 0 Å². The van der Waals surface area contributed by atoms with Crippen molar-refractivity contribution in [2.45, 2.75) is 160 Å². The smallest absolute Gasteiger partial charge is 0.326 e. The Kier molecular flexibility index (Phi) is 18.7. The molecule has 0 unspecified atom stereocenters. The number of nitrogens with zero attached hydrogens (tertiary/aromatic N) is 7. The van der Waals surface area contributed by atoms with Gasteiger partial charge in [-0.25, -0.2) is 4.79 Å². The third kappa shape index (κ3) is 12.7. The molecule has 20 nitrogen and oxygen atoms in total. The minimum atomic E-state index is -1.16. The number of carbonyl (C=O) groups is 8. The van der Waals surface area contributed by atoms with Crippen LogP contribution in [0, 0.1) is 23.7 Å². The molecule has 0 radical (unpaired) electrons. The topological polar surface area (TPSA) is 243 Å². The Morgan fingerprint density at radius 2 is 1.63 bits per heavy atom. The third-order valence-corrected chi connectivity index (χ3v) is 15.1. The zero-order chi connectivity index (χ0) is 51.7. The molecular weight excluding hydrogens is 915 g/mol. The quantitative estimate of drug-likeness (QED) is 0.121. The number of carboxylic acids is 1. The summed E-state index contributed by atoms with van der Waals surface area (Å²) in [6.07, 6.45) is 7.33. The summed E-state index contributed by atoms with van der Waals surface area (Å²) < 4.78 is 13.5. The maximum atomic E-state index is 14.7. The van der Waals surface area contributed by atoms with Crippen molar-refractivity contribution in [1.29, 1.82) is 0 Å². The van der Waals surface area contributed by atoms with E-state index in [0.29, 0.717) is 50.9 Å². The van der Waals surface area contributed by atoms with E-state index in [1.807, 2.05) is 33.8 Å². The van der Waals surface area contributed by atoms with Crippen LogP contribution in [-0.2, 0) is 67.3 Å². The van der Waals surface area contributed by atoms with E-state index >= 15 is 0 Å². The van der Waals surface area contributed by atoms with Gasteiger partial charge in [-0.2, -0.15) is 0 Å². The van der Waals surface area contributed by atoms with Gasteiger partial charge in [0.25, 0.3) is 11.8 Å². The van der Waals surface area contributed by atoms with E-state index < -0.39 is 72.0 Å². The second kappa shape index (κ2) is 24.4. The number of aliphatic carboxylic acids is 1. The van der Waals surface area contributed by atoms with E-state index in [9.17, 15) is 43.5 Å². The molecule has 2 saturated heterocycles. The lowest BCUT2D eigenvalue weighted by Gasteiger charge is -2.41. The number of aryl methyl sites for hydroxylation is 1. The minimum absolute atomic E-state index is 0.00657. The lowest BCUT2D eigenvalue weighted by atomic mass is 9.89. The van der Waals surface area contributed by atoms with E-state index in [0.717, 1.165) is 23.3 Å². The summed E-state index contributed by atoms with van der Waals surface area (Å²) in [6, 6.07) is 5.06. The number of amides is 7. The summed E-state index contributed by atoms with van der Waals surface area (Å²) in [5.74, 6) is -4.92. The van der Waals surface area contributed by atoms with Gasteiger partial charge < -0.3 is 39.9 Å². The molecule has 4 heterocycles. The summed E-state index contributed by atoms with van der Waals surface area (Å²) in [5, 5.41) is 23.9. The average Bonchev–Trinajstić information content (AvgIpc) is 4.22. The summed E-state index contributed by atoms with van der Waals surface area (Å²) in [6.45, 7) is 10.1. The number of piperidine rings is 1. The van der Waals surface area contributed by atoms with Crippen LogP contribution < -0.4 is 10.6 Å². The van der Waals surface area contributed by atoms with E-state index in [4.69, 9.17) is 9.47 Å². The molecule has 6 rings (SSSR count). The van der Waals surface area contributed by atoms with Crippen molar-refractivity contribution in [3.63, 3.8) is 0 Å². The number of fused-ring (bicyclic) bond motifs is 2. The number of benzene rings is 1. The highest BCUT2D eigenvalue weighted by molar-refractivity contribution is 6.12. The minimum Gasteiger partial charge on any atom is -0.480 e. The van der Waals surface area contributed by atoms with Crippen LogP contribution >= 0.6 is 0 Å². The lowest BCUT2D eigenvalue weighted by Crippen LogP contribution is -2.60. The third-order valence-electron chi connectivity index (χ3n) is 15.1. The molecule has 3 aliphatic heterocycles. The summed E-state index contributed by atoms with van der Waals surface area (Å²) in [5.41, 5.74) is 1.20. The predicted molar refractivity (Wildman–Crippen MR) is 258 cm³/mol. The molecule has 1 aromatic carbocycles. The number of imide groups is 1. The number of ether oxygens (including phenoxy) is 2. The van der Waals surface area contributed by atoms with Gasteiger partial charge in [-0.1, -0.05) is 76.6 Å². The van der Waals surface area contributed by atoms with E-state index in [1.54, 1.807) is 63.8 Å². The molecule has 2 bridgehead atoms. The molecule has 11 atom stereocenters. The fraction of sp³-hybridized carbons (Fsp3) is 0.647. The number of likely N-dealkylation sites (N-methyl/N-ethyl adjacent to an activating group) is 1. The molecule has 20 heteroatoms. The molecule has 1 aliphatic carbocycles. The standard InChI is InChI=1S/C51H73N9O11/c1-9-31(4)45(39(70-7)27-43(64)58-24-13-17-38(58)47(71-8)32(5)48(65)52-37(51(68)69)25-33-15-11-10-12-16-33)56(6)50(67)44(30(2)3)53-49(66)46-34-19-20-36(26-34)60(46)42(63)18-14-23-57-28-35(54-55-57)29-59-40(61)21-22-41(59)62/h10-12,15-16,21-22,28,30-32,34,36-39,44-47H,9,13-14,17-20,23-27,29H2,1-8H3,(H,52,65)(H,53,66)(H,68,69)/t31-,32+,34-,36+,37-,38-,39+,44-,45-,46-,47+/m0/s1. The average molecular weight is 988 g/mol. The van der Waals surface area contributed by atoms with Gasteiger partial charge in [-0.15, -0.1) is 5.10 Å². The van der Waals surface area contributed by atoms with Gasteiger partial charge in [0.05, 0.1) is 49.4 Å². The van der Waals surface area contributed by atoms with Gasteiger partial charge in [0.15, 0.2) is 0 Å². The van der Waals surface area contributed by atoms with Crippen molar-refractivity contribution in [3.05, 3.63) is 59.9 Å². The molecule has 1 saturated carbocycles. The number of rotatable bonds is 25. The Hall–Kier alpha value is -6.02. The van der Waals surface area contributed by atoms with Gasteiger partial charge in [-0.05, 0) is 61.8 Å². The summed E-state index contributed by atoms with van der Waals surface area (Å²) >= 11 is 0. The second-order valence-electron chi connectivity index (χ2n) is 20.1.